The molecule has 1 saturated heterocycles. The molecule has 128 valence electrons. The molecule has 6 heteroatoms. The van der Waals surface area contributed by atoms with Gasteiger partial charge in [0.2, 0.25) is 0 Å². The number of aryl methyl sites for hydroxylation is 1. The van der Waals surface area contributed by atoms with Crippen LogP contribution in [0.25, 0.3) is 0 Å². The Kier molecular flexibility index (Phi) is 5.69. The van der Waals surface area contributed by atoms with E-state index in [0.717, 1.165) is 43.3 Å². The Bertz CT molecular complexity index is 660. The van der Waals surface area contributed by atoms with Gasteiger partial charge in [0.1, 0.15) is 0 Å². The fourth-order valence-electron chi connectivity index (χ4n) is 2.95. The highest BCUT2D eigenvalue weighted by Gasteiger charge is 2.20. The Hall–Kier alpha value is -2.08. The number of piperidine rings is 1. The van der Waals surface area contributed by atoms with Gasteiger partial charge in [-0.1, -0.05) is 6.07 Å². The van der Waals surface area contributed by atoms with Crippen LogP contribution in [0.5, 0.6) is 0 Å². The van der Waals surface area contributed by atoms with Crippen LogP contribution in [-0.2, 0) is 6.54 Å². The Morgan fingerprint density at radius 2 is 2.12 bits per heavy atom. The van der Waals surface area contributed by atoms with Gasteiger partial charge in [-0.05, 0) is 49.4 Å². The number of nitrogens with one attached hydrogen (secondary N) is 2. The monoisotopic (exact) mass is 343 g/mol. The van der Waals surface area contributed by atoms with Gasteiger partial charge in [0, 0.05) is 31.9 Å². The molecule has 0 spiro atoms. The number of anilines is 1. The van der Waals surface area contributed by atoms with E-state index >= 15 is 0 Å². The van der Waals surface area contributed by atoms with Crippen molar-refractivity contribution in [3.05, 3.63) is 47.1 Å². The maximum absolute atomic E-state index is 4.51. The number of aliphatic imine (C=N–C) groups is 1. The van der Waals surface area contributed by atoms with Crippen molar-refractivity contribution < 1.29 is 0 Å². The molecule has 0 amide bonds. The Morgan fingerprint density at radius 1 is 1.29 bits per heavy atom. The first-order valence-corrected chi connectivity index (χ1v) is 9.31. The quantitative estimate of drug-likeness (QED) is 0.662. The van der Waals surface area contributed by atoms with Crippen LogP contribution in [-0.4, -0.2) is 37.1 Å². The number of hydrogen-bond donors (Lipinski definition) is 2. The van der Waals surface area contributed by atoms with Crippen LogP contribution in [0.4, 0.5) is 5.00 Å². The molecule has 0 aliphatic carbocycles. The lowest BCUT2D eigenvalue weighted by Crippen LogP contribution is -2.48. The molecule has 1 aliphatic rings. The van der Waals surface area contributed by atoms with Crippen molar-refractivity contribution in [1.82, 2.24) is 15.6 Å². The van der Waals surface area contributed by atoms with Crippen LogP contribution in [0, 0.1) is 6.92 Å². The Labute approximate surface area is 147 Å². The van der Waals surface area contributed by atoms with Crippen molar-refractivity contribution in [3.8, 4) is 0 Å². The van der Waals surface area contributed by atoms with Gasteiger partial charge < -0.3 is 15.5 Å². The maximum Gasteiger partial charge on any atom is 0.191 e. The summed E-state index contributed by atoms with van der Waals surface area (Å²) in [5.41, 5.74) is 2.07. The lowest BCUT2D eigenvalue weighted by Gasteiger charge is -2.33. The number of aromatic nitrogens is 1. The second-order valence-corrected chi connectivity index (χ2v) is 6.98. The first-order chi connectivity index (χ1) is 11.7. The normalized spacial score (nSPS) is 16.2. The molecule has 0 saturated carbocycles. The van der Waals surface area contributed by atoms with Crippen molar-refractivity contribution in [3.63, 3.8) is 0 Å². The highest BCUT2D eigenvalue weighted by molar-refractivity contribution is 7.14. The smallest absolute Gasteiger partial charge is 0.191 e. The van der Waals surface area contributed by atoms with Gasteiger partial charge in [-0.25, -0.2) is 0 Å². The molecule has 0 atom stereocenters. The fourth-order valence-corrected chi connectivity index (χ4v) is 3.74. The van der Waals surface area contributed by atoms with E-state index < -0.39 is 0 Å². The standard InChI is InChI=1S/C18H25N5S/c1-14-5-3-6-16(21-14)13-20-18(19-2)22-15-8-10-23(11-9-15)17-7-4-12-24-17/h3-7,12,15H,8-11,13H2,1-2H3,(H2,19,20,22). The zero-order valence-corrected chi connectivity index (χ0v) is 15.1. The van der Waals surface area contributed by atoms with Gasteiger partial charge in [-0.3, -0.25) is 9.98 Å². The summed E-state index contributed by atoms with van der Waals surface area (Å²) in [5.74, 6) is 0.855. The summed E-state index contributed by atoms with van der Waals surface area (Å²) in [4.78, 5) is 11.3. The van der Waals surface area contributed by atoms with Crippen molar-refractivity contribution in [2.45, 2.75) is 32.4 Å². The minimum atomic E-state index is 0.470. The highest BCUT2D eigenvalue weighted by atomic mass is 32.1. The number of rotatable bonds is 4. The molecule has 1 fully saturated rings. The van der Waals surface area contributed by atoms with E-state index in [1.807, 2.05) is 43.5 Å². The first-order valence-electron chi connectivity index (χ1n) is 8.43. The van der Waals surface area contributed by atoms with Crippen LogP contribution >= 0.6 is 11.3 Å². The zero-order chi connectivity index (χ0) is 16.8. The van der Waals surface area contributed by atoms with Crippen LogP contribution in [0.1, 0.15) is 24.2 Å². The van der Waals surface area contributed by atoms with E-state index in [-0.39, 0.29) is 0 Å². The maximum atomic E-state index is 4.51. The molecule has 0 aromatic carbocycles. The third-order valence-electron chi connectivity index (χ3n) is 4.26. The number of nitrogens with zero attached hydrogens (tertiary/aromatic N) is 3. The summed E-state index contributed by atoms with van der Waals surface area (Å²) in [5, 5.41) is 10.4. The summed E-state index contributed by atoms with van der Waals surface area (Å²) in [7, 11) is 1.82. The van der Waals surface area contributed by atoms with E-state index in [2.05, 4.69) is 43.0 Å². The molecule has 1 aliphatic heterocycles. The van der Waals surface area contributed by atoms with Crippen LogP contribution in [0.2, 0.25) is 0 Å². The Balaban J connectivity index is 1.46. The first kappa shape index (κ1) is 16.8. The van der Waals surface area contributed by atoms with Crippen molar-refractivity contribution in [2.24, 2.45) is 4.99 Å². The third-order valence-corrected chi connectivity index (χ3v) is 5.19. The second kappa shape index (κ2) is 8.15. The summed E-state index contributed by atoms with van der Waals surface area (Å²) in [6.07, 6.45) is 2.25. The van der Waals surface area contributed by atoms with Crippen molar-refractivity contribution in [1.29, 1.82) is 0 Å². The number of hydrogen-bond acceptors (Lipinski definition) is 4. The molecule has 3 rings (SSSR count). The largest absolute Gasteiger partial charge is 0.363 e. The third kappa shape index (κ3) is 4.47. The molecule has 2 N–H and O–H groups in total. The van der Waals surface area contributed by atoms with Crippen LogP contribution in [0.15, 0.2) is 40.7 Å². The van der Waals surface area contributed by atoms with Gasteiger partial charge in [0.15, 0.2) is 5.96 Å². The van der Waals surface area contributed by atoms with Gasteiger partial charge in [-0.2, -0.15) is 0 Å². The summed E-state index contributed by atoms with van der Waals surface area (Å²) < 4.78 is 0. The van der Waals surface area contributed by atoms with Crippen molar-refractivity contribution in [2.75, 3.05) is 25.0 Å². The summed E-state index contributed by atoms with van der Waals surface area (Å²) in [6, 6.07) is 10.9. The average Bonchev–Trinajstić information content (AvgIpc) is 3.14. The van der Waals surface area contributed by atoms with Gasteiger partial charge in [0.25, 0.3) is 0 Å². The topological polar surface area (TPSA) is 52.6 Å². The molecule has 5 nitrogen and oxygen atoms in total. The Morgan fingerprint density at radius 3 is 2.79 bits per heavy atom. The van der Waals surface area contributed by atoms with Crippen LogP contribution in [0.3, 0.4) is 0 Å². The predicted octanol–water partition coefficient (Wildman–Crippen LogP) is 2.79. The van der Waals surface area contributed by atoms with E-state index in [0.29, 0.717) is 12.6 Å². The van der Waals surface area contributed by atoms with E-state index in [1.54, 1.807) is 0 Å². The van der Waals surface area contributed by atoms with Gasteiger partial charge >= 0.3 is 0 Å². The molecule has 24 heavy (non-hydrogen) atoms. The fraction of sp³-hybridized carbons (Fsp3) is 0.444. The molecule has 3 heterocycles. The molecule has 0 unspecified atom stereocenters. The molecule has 0 radical (unpaired) electrons. The molecular weight excluding hydrogens is 318 g/mol. The van der Waals surface area contributed by atoms with Gasteiger partial charge in [0.05, 0.1) is 17.2 Å². The summed E-state index contributed by atoms with van der Waals surface area (Å²) >= 11 is 1.82. The highest BCUT2D eigenvalue weighted by Crippen LogP contribution is 2.24. The van der Waals surface area contributed by atoms with E-state index in [4.69, 9.17) is 0 Å². The van der Waals surface area contributed by atoms with E-state index in [1.165, 1.54) is 5.00 Å². The minimum absolute atomic E-state index is 0.470. The van der Waals surface area contributed by atoms with E-state index in [9.17, 15) is 0 Å². The predicted molar refractivity (Wildman–Crippen MR) is 102 cm³/mol. The molecular formula is C18H25N5S. The number of pyridine rings is 1. The SMILES string of the molecule is CN=C(NCc1cccc(C)n1)NC1CCN(c2cccs2)CC1. The zero-order valence-electron chi connectivity index (χ0n) is 14.3. The molecule has 2 aromatic heterocycles. The molecule has 2 aromatic rings. The van der Waals surface area contributed by atoms with Crippen molar-refractivity contribution >= 4 is 22.3 Å². The minimum Gasteiger partial charge on any atom is -0.363 e. The van der Waals surface area contributed by atoms with Crippen LogP contribution < -0.4 is 15.5 Å². The lowest BCUT2D eigenvalue weighted by molar-refractivity contribution is 0.462. The lowest BCUT2D eigenvalue weighted by atomic mass is 10.1. The number of thiophene rings is 1. The second-order valence-electron chi connectivity index (χ2n) is 6.05. The summed E-state index contributed by atoms with van der Waals surface area (Å²) in [6.45, 7) is 4.89. The van der Waals surface area contributed by atoms with Gasteiger partial charge in [-0.15, -0.1) is 11.3 Å². The average molecular weight is 344 g/mol. The number of guanidine groups is 1. The molecule has 0 bridgehead atoms.